The van der Waals surface area contributed by atoms with Crippen LogP contribution in [-0.4, -0.2) is 19.0 Å². The predicted octanol–water partition coefficient (Wildman–Crippen LogP) is 1.86. The summed E-state index contributed by atoms with van der Waals surface area (Å²) >= 11 is 1.74. The van der Waals surface area contributed by atoms with E-state index in [0.29, 0.717) is 0 Å². The van der Waals surface area contributed by atoms with Crippen molar-refractivity contribution >= 4 is 11.9 Å². The Labute approximate surface area is 83.5 Å². The molecule has 0 aliphatic carbocycles. The number of fused-ring (bicyclic) bond motifs is 1. The summed E-state index contributed by atoms with van der Waals surface area (Å²) < 4.78 is 3.27. The number of benzene rings is 1. The Balaban J connectivity index is 2.21. The first-order valence-electron chi connectivity index (χ1n) is 4.42. The number of hydrogen-bond donors (Lipinski definition) is 1. The lowest BCUT2D eigenvalue weighted by atomic mass is 10.1. The Bertz CT molecular complexity index is 310. The molecule has 2 nitrogen and oxygen atoms in total. The number of rotatable bonds is 2. The molecule has 0 fully saturated rings. The monoisotopic (exact) mass is 194 g/mol. The maximum atomic E-state index is 3.27. The normalized spacial score (nSPS) is 15.0. The molecule has 3 heteroatoms. The standard InChI is InChI=1S/C10H14N2S/c1-12(2)7-8-3-4-9-6-11-13-10(9)5-8/h3-5,11H,6-7H2,1-2H3. The lowest BCUT2D eigenvalue weighted by molar-refractivity contribution is 0.402. The predicted molar refractivity (Wildman–Crippen MR) is 56.5 cm³/mol. The van der Waals surface area contributed by atoms with Crippen molar-refractivity contribution in [3.8, 4) is 0 Å². The molecule has 0 atom stereocenters. The average molecular weight is 194 g/mol. The highest BCUT2D eigenvalue weighted by atomic mass is 32.2. The molecule has 0 unspecified atom stereocenters. The van der Waals surface area contributed by atoms with Gasteiger partial charge in [0.15, 0.2) is 0 Å². The third-order valence-corrected chi connectivity index (χ3v) is 2.96. The maximum Gasteiger partial charge on any atom is 0.0324 e. The Hall–Kier alpha value is -0.510. The SMILES string of the molecule is CN(C)Cc1ccc2c(c1)SNC2. The van der Waals surface area contributed by atoms with E-state index in [9.17, 15) is 0 Å². The summed E-state index contributed by atoms with van der Waals surface area (Å²) in [7, 11) is 4.19. The van der Waals surface area contributed by atoms with Crippen LogP contribution in [0.15, 0.2) is 23.1 Å². The van der Waals surface area contributed by atoms with Gasteiger partial charge in [-0.3, -0.25) is 4.72 Å². The zero-order valence-electron chi connectivity index (χ0n) is 8.00. The van der Waals surface area contributed by atoms with Crippen LogP contribution < -0.4 is 4.72 Å². The Morgan fingerprint density at radius 1 is 1.46 bits per heavy atom. The fourth-order valence-corrected chi connectivity index (χ4v) is 2.36. The maximum absolute atomic E-state index is 3.27. The second-order valence-corrected chi connectivity index (χ2v) is 4.54. The summed E-state index contributed by atoms with van der Waals surface area (Å²) in [5.74, 6) is 0. The fraction of sp³-hybridized carbons (Fsp3) is 0.400. The number of nitrogens with zero attached hydrogens (tertiary/aromatic N) is 1. The van der Waals surface area contributed by atoms with E-state index >= 15 is 0 Å². The van der Waals surface area contributed by atoms with Crippen LogP contribution in [0.2, 0.25) is 0 Å². The van der Waals surface area contributed by atoms with Crippen molar-refractivity contribution in [2.24, 2.45) is 0 Å². The van der Waals surface area contributed by atoms with Gasteiger partial charge in [0.2, 0.25) is 0 Å². The fourth-order valence-electron chi connectivity index (χ4n) is 1.50. The first kappa shape index (κ1) is 9.06. The Morgan fingerprint density at radius 3 is 3.08 bits per heavy atom. The van der Waals surface area contributed by atoms with E-state index in [0.717, 1.165) is 13.1 Å². The molecule has 1 aromatic rings. The first-order chi connectivity index (χ1) is 6.25. The molecular weight excluding hydrogens is 180 g/mol. The Kier molecular flexibility index (Phi) is 2.58. The highest BCUT2D eigenvalue weighted by Crippen LogP contribution is 2.28. The summed E-state index contributed by atoms with van der Waals surface area (Å²) in [5, 5.41) is 0. The molecule has 1 heterocycles. The molecule has 1 aliphatic heterocycles. The molecule has 0 bridgehead atoms. The third kappa shape index (κ3) is 2.05. The van der Waals surface area contributed by atoms with Crippen LogP contribution in [0.5, 0.6) is 0 Å². The van der Waals surface area contributed by atoms with Crippen molar-refractivity contribution in [1.82, 2.24) is 9.62 Å². The van der Waals surface area contributed by atoms with Crippen molar-refractivity contribution in [3.63, 3.8) is 0 Å². The van der Waals surface area contributed by atoms with Gasteiger partial charge in [0.25, 0.3) is 0 Å². The quantitative estimate of drug-likeness (QED) is 0.723. The number of hydrogen-bond acceptors (Lipinski definition) is 3. The van der Waals surface area contributed by atoms with E-state index in [2.05, 4.69) is 41.9 Å². The zero-order chi connectivity index (χ0) is 9.26. The van der Waals surface area contributed by atoms with E-state index in [1.165, 1.54) is 16.0 Å². The van der Waals surface area contributed by atoms with Crippen LogP contribution in [0.25, 0.3) is 0 Å². The van der Waals surface area contributed by atoms with Crippen LogP contribution in [0.1, 0.15) is 11.1 Å². The van der Waals surface area contributed by atoms with E-state index < -0.39 is 0 Å². The molecule has 2 rings (SSSR count). The van der Waals surface area contributed by atoms with Crippen molar-refractivity contribution in [3.05, 3.63) is 29.3 Å². The number of nitrogens with one attached hydrogen (secondary N) is 1. The Morgan fingerprint density at radius 2 is 2.31 bits per heavy atom. The van der Waals surface area contributed by atoms with Gasteiger partial charge in [-0.15, -0.1) is 0 Å². The summed E-state index contributed by atoms with van der Waals surface area (Å²) in [5.41, 5.74) is 2.81. The molecule has 1 aromatic carbocycles. The van der Waals surface area contributed by atoms with Crippen molar-refractivity contribution in [2.75, 3.05) is 14.1 Å². The van der Waals surface area contributed by atoms with Crippen LogP contribution >= 0.6 is 11.9 Å². The first-order valence-corrected chi connectivity index (χ1v) is 5.23. The van der Waals surface area contributed by atoms with Gasteiger partial charge in [-0.05, 0) is 43.2 Å². The molecule has 1 aliphatic rings. The van der Waals surface area contributed by atoms with Gasteiger partial charge in [0.05, 0.1) is 0 Å². The second-order valence-electron chi connectivity index (χ2n) is 3.60. The van der Waals surface area contributed by atoms with Crippen molar-refractivity contribution in [1.29, 1.82) is 0 Å². The zero-order valence-corrected chi connectivity index (χ0v) is 8.82. The third-order valence-electron chi connectivity index (χ3n) is 2.08. The van der Waals surface area contributed by atoms with Crippen LogP contribution in [0.3, 0.4) is 0 Å². The van der Waals surface area contributed by atoms with Gasteiger partial charge in [-0.2, -0.15) is 0 Å². The summed E-state index contributed by atoms with van der Waals surface area (Å²) in [6.45, 7) is 2.02. The highest BCUT2D eigenvalue weighted by molar-refractivity contribution is 7.97. The molecule has 1 N–H and O–H groups in total. The van der Waals surface area contributed by atoms with Gasteiger partial charge >= 0.3 is 0 Å². The van der Waals surface area contributed by atoms with E-state index in [1.807, 2.05) is 0 Å². The largest absolute Gasteiger partial charge is 0.305 e. The van der Waals surface area contributed by atoms with Gasteiger partial charge in [-0.25, -0.2) is 0 Å². The smallest absolute Gasteiger partial charge is 0.0324 e. The van der Waals surface area contributed by atoms with Gasteiger partial charge in [0.1, 0.15) is 0 Å². The van der Waals surface area contributed by atoms with Crippen LogP contribution in [0.4, 0.5) is 0 Å². The molecule has 70 valence electrons. The highest BCUT2D eigenvalue weighted by Gasteiger charge is 2.10. The lowest BCUT2D eigenvalue weighted by Gasteiger charge is -2.10. The minimum Gasteiger partial charge on any atom is -0.305 e. The van der Waals surface area contributed by atoms with Crippen molar-refractivity contribution in [2.45, 2.75) is 18.0 Å². The molecule has 13 heavy (non-hydrogen) atoms. The van der Waals surface area contributed by atoms with Crippen molar-refractivity contribution < 1.29 is 0 Å². The van der Waals surface area contributed by atoms with Crippen LogP contribution in [-0.2, 0) is 13.1 Å². The van der Waals surface area contributed by atoms with Gasteiger partial charge in [-0.1, -0.05) is 12.1 Å². The van der Waals surface area contributed by atoms with E-state index in [1.54, 1.807) is 11.9 Å². The molecule has 0 radical (unpaired) electrons. The van der Waals surface area contributed by atoms with Gasteiger partial charge in [0, 0.05) is 18.0 Å². The summed E-state index contributed by atoms with van der Waals surface area (Å²) in [4.78, 5) is 3.58. The minimum absolute atomic E-state index is 1.00. The molecule has 0 amide bonds. The second kappa shape index (κ2) is 3.70. The average Bonchev–Trinajstić information content (AvgIpc) is 2.49. The minimum atomic E-state index is 1.00. The molecule has 0 aromatic heterocycles. The molecular formula is C10H14N2S. The molecule has 0 saturated heterocycles. The van der Waals surface area contributed by atoms with Gasteiger partial charge < -0.3 is 4.90 Å². The molecule has 0 spiro atoms. The lowest BCUT2D eigenvalue weighted by Crippen LogP contribution is -2.10. The molecule has 0 saturated carbocycles. The van der Waals surface area contributed by atoms with E-state index in [4.69, 9.17) is 0 Å². The van der Waals surface area contributed by atoms with Crippen LogP contribution in [0, 0.1) is 0 Å². The topological polar surface area (TPSA) is 15.3 Å². The van der Waals surface area contributed by atoms with E-state index in [-0.39, 0.29) is 0 Å². The summed E-state index contributed by atoms with van der Waals surface area (Å²) in [6, 6.07) is 6.72. The summed E-state index contributed by atoms with van der Waals surface area (Å²) in [6.07, 6.45) is 0.